The highest BCUT2D eigenvalue weighted by atomic mass is 16.7. The lowest BCUT2D eigenvalue weighted by Gasteiger charge is -2.42. The number of nitrogens with two attached hydrogens (primary N) is 2. The summed E-state index contributed by atoms with van der Waals surface area (Å²) >= 11 is 0. The molecule has 0 aromatic heterocycles. The van der Waals surface area contributed by atoms with Crippen molar-refractivity contribution in [2.24, 2.45) is 11.5 Å². The first kappa shape index (κ1) is 23.5. The van der Waals surface area contributed by atoms with Crippen LogP contribution in [0.2, 0.25) is 0 Å². The van der Waals surface area contributed by atoms with Gasteiger partial charge in [-0.2, -0.15) is 0 Å². The summed E-state index contributed by atoms with van der Waals surface area (Å²) in [5.41, 5.74) is 10.1. The molecule has 2 aliphatic heterocycles. The molecule has 156 valence electrons. The fourth-order valence-corrected chi connectivity index (χ4v) is 2.36. The second kappa shape index (κ2) is 8.63. The Morgan fingerprint density at radius 3 is 1.12 bits per heavy atom. The summed E-state index contributed by atoms with van der Waals surface area (Å²) in [7, 11) is 0. The molecule has 2 aliphatic rings. The number of rotatable bonds is 2. The molecule has 2 heterocycles. The van der Waals surface area contributed by atoms with Crippen molar-refractivity contribution in [2.45, 2.75) is 60.7 Å². The molecule has 0 radical (unpaired) electrons. The third-order valence-electron chi connectivity index (χ3n) is 4.00. The Hall–Kier alpha value is -0.560. The molecule has 0 amide bonds. The smallest absolute Gasteiger partial charge is 0.252 e. The number of aliphatic hydroxyl groups excluding tert-OH is 8. The fourth-order valence-electron chi connectivity index (χ4n) is 2.36. The Morgan fingerprint density at radius 1 is 0.615 bits per heavy atom. The molecule has 14 N–H and O–H groups in total. The van der Waals surface area contributed by atoms with Crippen LogP contribution in [-0.4, -0.2) is 125 Å². The third kappa shape index (κ3) is 4.83. The highest BCUT2D eigenvalue weighted by Crippen LogP contribution is 2.24. The van der Waals surface area contributed by atoms with Crippen molar-refractivity contribution in [3.63, 3.8) is 0 Å². The van der Waals surface area contributed by atoms with Crippen molar-refractivity contribution in [1.82, 2.24) is 0 Å². The third-order valence-corrected chi connectivity index (χ3v) is 4.00. The molecule has 0 bridgehead atoms. The van der Waals surface area contributed by atoms with Gasteiger partial charge in [0.15, 0.2) is 12.2 Å². The molecule has 2 saturated heterocycles. The Labute approximate surface area is 147 Å². The average molecular weight is 390 g/mol. The van der Waals surface area contributed by atoms with Gasteiger partial charge in [0.05, 0.1) is 13.2 Å². The van der Waals surface area contributed by atoms with Crippen LogP contribution in [0.3, 0.4) is 0 Å². The fraction of sp³-hybridized carbons (Fsp3) is 1.00. The maximum absolute atomic E-state index is 9.18. The number of hydrogen-bond acceptors (Lipinski definition) is 14. The highest BCUT2D eigenvalue weighted by Gasteiger charge is 2.51. The minimum absolute atomic E-state index is 0.621. The SMILES string of the molecule is NC1(O)O[C@H](CO)[C@@H](O)[C@H](O)[C@H]1O.NC1(O)O[C@H](CO)[C@@H](O)[C@H](O)[C@H]1O. The summed E-state index contributed by atoms with van der Waals surface area (Å²) < 4.78 is 9.08. The van der Waals surface area contributed by atoms with Gasteiger partial charge in [0.1, 0.15) is 36.6 Å². The van der Waals surface area contributed by atoms with Gasteiger partial charge in [-0.25, -0.2) is 0 Å². The average Bonchev–Trinajstić information content (AvgIpc) is 2.58. The van der Waals surface area contributed by atoms with Gasteiger partial charge < -0.3 is 60.5 Å². The molecular formula is C12H26N2O12. The van der Waals surface area contributed by atoms with E-state index in [9.17, 15) is 10.2 Å². The van der Waals surface area contributed by atoms with Crippen molar-refractivity contribution in [1.29, 1.82) is 0 Å². The lowest BCUT2D eigenvalue weighted by atomic mass is 9.97. The summed E-state index contributed by atoms with van der Waals surface area (Å²) in [6, 6.07) is 0. The van der Waals surface area contributed by atoms with E-state index in [4.69, 9.17) is 52.3 Å². The minimum Gasteiger partial charge on any atom is -0.394 e. The maximum atomic E-state index is 9.18. The zero-order valence-corrected chi connectivity index (χ0v) is 13.5. The van der Waals surface area contributed by atoms with E-state index in [1.165, 1.54) is 0 Å². The second-order valence-electron chi connectivity index (χ2n) is 6.03. The predicted molar refractivity (Wildman–Crippen MR) is 78.2 cm³/mol. The van der Waals surface area contributed by atoms with Crippen molar-refractivity contribution < 1.29 is 60.5 Å². The van der Waals surface area contributed by atoms with E-state index in [-0.39, 0.29) is 0 Å². The lowest BCUT2D eigenvalue weighted by Crippen LogP contribution is -2.69. The van der Waals surface area contributed by atoms with Gasteiger partial charge in [-0.1, -0.05) is 0 Å². The Morgan fingerprint density at radius 2 is 0.885 bits per heavy atom. The van der Waals surface area contributed by atoms with Gasteiger partial charge in [0.2, 0.25) is 0 Å². The maximum Gasteiger partial charge on any atom is 0.252 e. The molecule has 0 aromatic rings. The van der Waals surface area contributed by atoms with Crippen LogP contribution in [0.15, 0.2) is 0 Å². The van der Waals surface area contributed by atoms with E-state index < -0.39 is 73.9 Å². The highest BCUT2D eigenvalue weighted by molar-refractivity contribution is 4.93. The standard InChI is InChI=1S/2C6H13NO6/c2*7-6(12)5(11)4(10)3(9)2(1-8)13-6/h2*2-5,8-12H,1,7H2/t2*2-,3-,4+,5-,6?/m11/s1. The van der Waals surface area contributed by atoms with Crippen LogP contribution in [0.1, 0.15) is 0 Å². The van der Waals surface area contributed by atoms with Crippen molar-refractivity contribution in [2.75, 3.05) is 13.2 Å². The molecule has 0 aliphatic carbocycles. The predicted octanol–water partition coefficient (Wildman–Crippen LogP) is -7.87. The van der Waals surface area contributed by atoms with Crippen LogP contribution in [0.5, 0.6) is 0 Å². The van der Waals surface area contributed by atoms with Crippen LogP contribution in [0.4, 0.5) is 0 Å². The largest absolute Gasteiger partial charge is 0.394 e. The van der Waals surface area contributed by atoms with Crippen LogP contribution >= 0.6 is 0 Å². The second-order valence-corrected chi connectivity index (χ2v) is 6.03. The van der Waals surface area contributed by atoms with Crippen LogP contribution in [0, 0.1) is 0 Å². The quantitative estimate of drug-likeness (QED) is 0.195. The van der Waals surface area contributed by atoms with E-state index in [2.05, 4.69) is 9.47 Å². The van der Waals surface area contributed by atoms with Gasteiger partial charge in [0, 0.05) is 0 Å². The zero-order valence-electron chi connectivity index (χ0n) is 13.5. The van der Waals surface area contributed by atoms with Crippen LogP contribution in [0.25, 0.3) is 0 Å². The van der Waals surface area contributed by atoms with E-state index in [0.29, 0.717) is 0 Å². The molecular weight excluding hydrogens is 364 g/mol. The molecule has 2 unspecified atom stereocenters. The molecule has 14 heteroatoms. The topological polar surface area (TPSA) is 273 Å². The summed E-state index contributed by atoms with van der Waals surface area (Å²) in [6.45, 7) is -1.24. The number of hydrogen-bond donors (Lipinski definition) is 12. The van der Waals surface area contributed by atoms with E-state index in [0.717, 1.165) is 0 Å². The molecule has 0 aromatic carbocycles. The Kier molecular flexibility index (Phi) is 7.80. The molecule has 2 rings (SSSR count). The van der Waals surface area contributed by atoms with Gasteiger partial charge in [-0.05, 0) is 0 Å². The van der Waals surface area contributed by atoms with E-state index >= 15 is 0 Å². The van der Waals surface area contributed by atoms with Crippen molar-refractivity contribution >= 4 is 0 Å². The van der Waals surface area contributed by atoms with Crippen molar-refractivity contribution in [3.05, 3.63) is 0 Å². The first-order valence-electron chi connectivity index (χ1n) is 7.48. The molecule has 26 heavy (non-hydrogen) atoms. The molecule has 14 nitrogen and oxygen atoms in total. The molecule has 0 spiro atoms. The zero-order chi connectivity index (χ0) is 20.4. The van der Waals surface area contributed by atoms with Gasteiger partial charge in [0.25, 0.3) is 11.8 Å². The van der Waals surface area contributed by atoms with Gasteiger partial charge in [-0.15, -0.1) is 0 Å². The summed E-state index contributed by atoms with van der Waals surface area (Å²) in [4.78, 5) is 0. The normalized spacial score (nSPS) is 52.2. The van der Waals surface area contributed by atoms with Gasteiger partial charge >= 0.3 is 0 Å². The first-order valence-corrected chi connectivity index (χ1v) is 7.48. The van der Waals surface area contributed by atoms with E-state index in [1.807, 2.05) is 0 Å². The van der Waals surface area contributed by atoms with Gasteiger partial charge in [-0.3, -0.25) is 11.5 Å². The number of ether oxygens (including phenoxy) is 2. The Balaban J connectivity index is 0.000000260. The molecule has 10 atom stereocenters. The summed E-state index contributed by atoms with van der Waals surface area (Å²) in [6.07, 6.45) is -12.3. The number of aliphatic hydroxyl groups is 10. The Bertz CT molecular complexity index is 408. The van der Waals surface area contributed by atoms with E-state index in [1.54, 1.807) is 0 Å². The van der Waals surface area contributed by atoms with Crippen LogP contribution < -0.4 is 11.5 Å². The molecule has 2 fully saturated rings. The van der Waals surface area contributed by atoms with Crippen LogP contribution in [-0.2, 0) is 9.47 Å². The molecule has 0 saturated carbocycles. The first-order chi connectivity index (χ1) is 11.8. The lowest BCUT2D eigenvalue weighted by molar-refractivity contribution is -0.347. The monoisotopic (exact) mass is 390 g/mol. The summed E-state index contributed by atoms with van der Waals surface area (Å²) in [5.74, 6) is -4.90. The summed E-state index contributed by atoms with van der Waals surface area (Å²) in [5, 5.41) is 90.5. The minimum atomic E-state index is -2.45. The van der Waals surface area contributed by atoms with Crippen molar-refractivity contribution in [3.8, 4) is 0 Å².